The molecule has 30 heavy (non-hydrogen) atoms. The van der Waals surface area contributed by atoms with Gasteiger partial charge in [0.2, 0.25) is 0 Å². The summed E-state index contributed by atoms with van der Waals surface area (Å²) in [5, 5.41) is 11.2. The fourth-order valence-electron chi connectivity index (χ4n) is 4.54. The molecule has 3 N–H and O–H groups in total. The van der Waals surface area contributed by atoms with Gasteiger partial charge in [-0.2, -0.15) is 0 Å². The number of nitrogens with two attached hydrogens (primary N) is 1. The Morgan fingerprint density at radius 2 is 1.47 bits per heavy atom. The summed E-state index contributed by atoms with van der Waals surface area (Å²) in [6, 6.07) is 12.3. The predicted octanol–water partition coefficient (Wildman–Crippen LogP) is 7.48. The van der Waals surface area contributed by atoms with Crippen molar-refractivity contribution in [2.45, 2.75) is 84.6 Å². The van der Waals surface area contributed by atoms with E-state index < -0.39 is 0 Å². The van der Waals surface area contributed by atoms with Crippen molar-refractivity contribution in [3.63, 3.8) is 0 Å². The number of pyridine rings is 1. The van der Waals surface area contributed by atoms with Gasteiger partial charge in [0.25, 0.3) is 0 Å². The van der Waals surface area contributed by atoms with Crippen LogP contribution in [-0.2, 0) is 13.0 Å². The molecule has 0 aromatic heterocycles. The van der Waals surface area contributed by atoms with Gasteiger partial charge in [-0.05, 0) is 49.4 Å². The van der Waals surface area contributed by atoms with Crippen LogP contribution in [0.3, 0.4) is 0 Å². The number of fused-ring (bicyclic) bond motifs is 3. The summed E-state index contributed by atoms with van der Waals surface area (Å²) in [7, 11) is 0. The van der Waals surface area contributed by atoms with E-state index in [1.54, 1.807) is 0 Å². The lowest BCUT2D eigenvalue weighted by Crippen LogP contribution is -2.13. The summed E-state index contributed by atoms with van der Waals surface area (Å²) in [6.45, 7) is 5.39. The van der Waals surface area contributed by atoms with Crippen LogP contribution in [0.25, 0.3) is 22.0 Å². The third-order valence-corrected chi connectivity index (χ3v) is 6.09. The fourth-order valence-corrected chi connectivity index (χ4v) is 4.54. The number of rotatable bonds is 11. The van der Waals surface area contributed by atoms with Gasteiger partial charge in [0.1, 0.15) is 0 Å². The van der Waals surface area contributed by atoms with Crippen molar-refractivity contribution in [2.24, 2.45) is 0 Å². The molecule has 4 heteroatoms. The van der Waals surface area contributed by atoms with Crippen LogP contribution < -0.4 is 11.1 Å². The minimum Gasteiger partial charge on any atom is -0.399 e. The van der Waals surface area contributed by atoms with Gasteiger partial charge in [0.05, 0.1) is 11.1 Å². The number of nitrogens with zero attached hydrogens (tertiary/aromatic N) is 1. The quantitative estimate of drug-likeness (QED) is 0.170. The number of aromatic nitrogens is 1. The minimum absolute atomic E-state index is 0. The molecular formula is C26H38BrN3. The smallest absolute Gasteiger partial charge is 0.0561 e. The summed E-state index contributed by atoms with van der Waals surface area (Å²) in [6.07, 6.45) is 13.2. The molecule has 1 aromatic rings. The normalized spacial score (nSPS) is 11.1. The van der Waals surface area contributed by atoms with E-state index in [4.69, 9.17) is 11.1 Å². The highest BCUT2D eigenvalue weighted by atomic mass is 79.9. The lowest BCUT2D eigenvalue weighted by atomic mass is 9.95. The van der Waals surface area contributed by atoms with E-state index in [1.807, 2.05) is 18.2 Å². The van der Waals surface area contributed by atoms with E-state index >= 15 is 0 Å². The van der Waals surface area contributed by atoms with Crippen molar-refractivity contribution < 1.29 is 0 Å². The van der Waals surface area contributed by atoms with Gasteiger partial charge < -0.3 is 15.7 Å². The van der Waals surface area contributed by atoms with Crippen LogP contribution in [0.2, 0.25) is 0 Å². The van der Waals surface area contributed by atoms with Crippen LogP contribution in [-0.4, -0.2) is 4.57 Å². The summed E-state index contributed by atoms with van der Waals surface area (Å²) in [5.41, 5.74) is 10.7. The van der Waals surface area contributed by atoms with E-state index in [0.717, 1.165) is 18.7 Å². The molecule has 164 valence electrons. The highest BCUT2D eigenvalue weighted by Gasteiger charge is 2.16. The Labute approximate surface area is 192 Å². The fraction of sp³-hybridized carbons (Fsp3) is 0.500. The Morgan fingerprint density at radius 1 is 0.800 bits per heavy atom. The molecule has 1 aliphatic heterocycles. The van der Waals surface area contributed by atoms with Crippen molar-refractivity contribution >= 4 is 33.4 Å². The molecule has 0 spiro atoms. The minimum atomic E-state index is 0. The van der Waals surface area contributed by atoms with Crippen LogP contribution in [0.1, 0.15) is 77.3 Å². The first-order valence-corrected chi connectivity index (χ1v) is 11.5. The number of hydrogen-bond acceptors (Lipinski definition) is 2. The zero-order valence-corrected chi connectivity index (χ0v) is 20.4. The molecule has 1 heterocycles. The number of halogens is 1. The van der Waals surface area contributed by atoms with Crippen molar-refractivity contribution in [3.05, 3.63) is 47.4 Å². The monoisotopic (exact) mass is 471 g/mol. The second-order valence-electron chi connectivity index (χ2n) is 8.31. The van der Waals surface area contributed by atoms with E-state index in [1.165, 1.54) is 85.5 Å². The largest absolute Gasteiger partial charge is 0.399 e. The molecule has 0 unspecified atom stereocenters. The zero-order chi connectivity index (χ0) is 20.6. The lowest BCUT2D eigenvalue weighted by Gasteiger charge is -2.23. The lowest BCUT2D eigenvalue weighted by molar-refractivity contribution is 0.560. The van der Waals surface area contributed by atoms with Crippen molar-refractivity contribution in [1.29, 1.82) is 5.41 Å². The molecule has 0 atom stereocenters. The third-order valence-electron chi connectivity index (χ3n) is 6.09. The first-order valence-electron chi connectivity index (χ1n) is 11.5. The Bertz CT molecular complexity index is 960. The van der Waals surface area contributed by atoms with Gasteiger partial charge in [-0.1, -0.05) is 70.4 Å². The highest BCUT2D eigenvalue weighted by Crippen LogP contribution is 2.35. The molecule has 3 nitrogen and oxygen atoms in total. The number of hydrogen-bond donors (Lipinski definition) is 2. The van der Waals surface area contributed by atoms with E-state index in [2.05, 4.69) is 36.6 Å². The molecule has 2 aliphatic rings. The molecule has 0 amide bonds. The first kappa shape index (κ1) is 24.5. The molecule has 0 saturated carbocycles. The average Bonchev–Trinajstić information content (AvgIpc) is 2.72. The molecular weight excluding hydrogens is 434 g/mol. The summed E-state index contributed by atoms with van der Waals surface area (Å²) in [5.74, 6) is 0. The molecule has 3 rings (SSSR count). The predicted molar refractivity (Wildman–Crippen MR) is 136 cm³/mol. The molecule has 1 aliphatic carbocycles. The Kier molecular flexibility index (Phi) is 9.90. The number of anilines is 1. The maximum Gasteiger partial charge on any atom is 0.0561 e. The van der Waals surface area contributed by atoms with Crippen molar-refractivity contribution in [1.82, 2.24) is 4.57 Å². The second-order valence-corrected chi connectivity index (χ2v) is 8.31. The van der Waals surface area contributed by atoms with E-state index in [0.29, 0.717) is 5.36 Å². The Morgan fingerprint density at radius 3 is 2.13 bits per heavy atom. The molecule has 0 saturated heterocycles. The van der Waals surface area contributed by atoms with Gasteiger partial charge in [0, 0.05) is 28.9 Å². The average molecular weight is 473 g/mol. The number of benzene rings is 2. The van der Waals surface area contributed by atoms with Crippen molar-refractivity contribution in [3.8, 4) is 11.3 Å². The van der Waals surface area contributed by atoms with Crippen LogP contribution in [0.15, 0.2) is 36.4 Å². The van der Waals surface area contributed by atoms with Gasteiger partial charge in [-0.3, -0.25) is 0 Å². The van der Waals surface area contributed by atoms with Gasteiger partial charge in [-0.15, -0.1) is 17.0 Å². The number of aryl methyl sites for hydroxylation is 1. The van der Waals surface area contributed by atoms with Crippen LogP contribution in [0, 0.1) is 5.41 Å². The van der Waals surface area contributed by atoms with Gasteiger partial charge in [0.15, 0.2) is 0 Å². The Balaban J connectivity index is 0.00000320. The van der Waals surface area contributed by atoms with Gasteiger partial charge in [-0.25, -0.2) is 0 Å². The van der Waals surface area contributed by atoms with E-state index in [9.17, 15) is 0 Å². The van der Waals surface area contributed by atoms with E-state index in [-0.39, 0.29) is 17.0 Å². The maximum atomic E-state index is 8.10. The number of unbranched alkanes of at least 4 members (excludes halogenated alkanes) is 8. The standard InChI is InChI=1S/C26H37N3.BrH/c1-3-5-6-7-8-9-10-11-12-13-25-24-18-20(27)14-16-22(24)23-17-15-21(28)19-26(23)29(25)4-2;/h14-19,28H,3-13,27H2,1-2H3;1H. The number of nitrogens with one attached hydrogen (secondary N) is 1. The summed E-state index contributed by atoms with van der Waals surface area (Å²) in [4.78, 5) is 0. The van der Waals surface area contributed by atoms with Crippen LogP contribution >= 0.6 is 17.0 Å². The van der Waals surface area contributed by atoms with Gasteiger partial charge >= 0.3 is 0 Å². The molecule has 1 aromatic carbocycles. The molecule has 0 radical (unpaired) electrons. The topological polar surface area (TPSA) is 54.8 Å². The zero-order valence-electron chi connectivity index (χ0n) is 18.7. The maximum absolute atomic E-state index is 8.10. The van der Waals surface area contributed by atoms with Crippen molar-refractivity contribution in [2.75, 3.05) is 5.73 Å². The first-order chi connectivity index (χ1) is 14.2. The molecule has 0 bridgehead atoms. The third kappa shape index (κ3) is 5.87. The number of nitrogen functional groups attached to an aromatic ring is 1. The SMILES string of the molecule is Br.CCCCCCCCCCCc1c2cc(N)ccc2c2ccc(=N)cc-2n1CC. The Hall–Kier alpha value is -1.81. The second kappa shape index (κ2) is 12.1. The summed E-state index contributed by atoms with van der Waals surface area (Å²) < 4.78 is 2.40. The highest BCUT2D eigenvalue weighted by molar-refractivity contribution is 8.93. The molecule has 0 fully saturated rings. The van der Waals surface area contributed by atoms with Crippen LogP contribution in [0.5, 0.6) is 0 Å². The summed E-state index contributed by atoms with van der Waals surface area (Å²) >= 11 is 0. The van der Waals surface area contributed by atoms with Crippen LogP contribution in [0.4, 0.5) is 5.69 Å².